The minimum atomic E-state index is -1.72. The molecule has 2 rings (SSSR count). The fourth-order valence-electron chi connectivity index (χ4n) is 2.12. The number of carbonyl (C=O) groups is 1. The first-order valence-corrected chi connectivity index (χ1v) is 7.35. The van der Waals surface area contributed by atoms with Crippen LogP contribution in [-0.2, 0) is 4.74 Å². The first kappa shape index (κ1) is 16.1. The van der Waals surface area contributed by atoms with Gasteiger partial charge in [-0.1, -0.05) is 15.9 Å². The predicted octanol–water partition coefficient (Wildman–Crippen LogP) is 2.48. The van der Waals surface area contributed by atoms with Gasteiger partial charge in [0.25, 0.3) is 5.91 Å². The summed E-state index contributed by atoms with van der Waals surface area (Å²) in [6.45, 7) is 0.856. The largest absolute Gasteiger partial charge is 0.503 e. The number of nitrogens with one attached hydrogen (secondary N) is 1. The molecule has 116 valence electrons. The van der Waals surface area contributed by atoms with Crippen molar-refractivity contribution >= 4 is 21.8 Å². The highest BCUT2D eigenvalue weighted by Crippen LogP contribution is 2.28. The zero-order chi connectivity index (χ0) is 15.6. The lowest BCUT2D eigenvalue weighted by molar-refractivity contribution is 0.0440. The number of halogens is 4. The van der Waals surface area contributed by atoms with E-state index in [-0.39, 0.29) is 0 Å². The summed E-state index contributed by atoms with van der Waals surface area (Å²) in [6.07, 6.45) is 1.00. The smallest absolute Gasteiger partial charge is 0.254 e. The summed E-state index contributed by atoms with van der Waals surface area (Å²) < 4.78 is 45.2. The van der Waals surface area contributed by atoms with E-state index in [1.54, 1.807) is 0 Å². The first-order valence-electron chi connectivity index (χ1n) is 6.23. The lowest BCUT2D eigenvalue weighted by Crippen LogP contribution is -2.53. The number of ether oxygens (including phenoxy) is 1. The molecule has 0 atom stereocenters. The van der Waals surface area contributed by atoms with E-state index in [4.69, 9.17) is 9.84 Å². The summed E-state index contributed by atoms with van der Waals surface area (Å²) in [5.41, 5.74) is -1.39. The van der Waals surface area contributed by atoms with Crippen LogP contribution in [0.25, 0.3) is 0 Å². The van der Waals surface area contributed by atoms with Gasteiger partial charge >= 0.3 is 0 Å². The third-order valence-electron chi connectivity index (χ3n) is 3.46. The summed E-state index contributed by atoms with van der Waals surface area (Å²) in [5, 5.41) is 12.2. The summed E-state index contributed by atoms with van der Waals surface area (Å²) in [4.78, 5) is 12.1. The molecule has 1 aliphatic heterocycles. The topological polar surface area (TPSA) is 58.6 Å². The van der Waals surface area contributed by atoms with E-state index in [2.05, 4.69) is 21.2 Å². The van der Waals surface area contributed by atoms with E-state index in [1.807, 2.05) is 0 Å². The fraction of sp³-hybridized carbons (Fsp3) is 0.462. The molecular formula is C13H13BrF3NO3. The number of benzene rings is 1. The number of aromatic hydroxyl groups is 1. The number of phenolic OH excluding ortho intramolecular Hbond substituents is 1. The van der Waals surface area contributed by atoms with Crippen molar-refractivity contribution < 1.29 is 27.8 Å². The van der Waals surface area contributed by atoms with Gasteiger partial charge in [-0.3, -0.25) is 4.79 Å². The van der Waals surface area contributed by atoms with Crippen LogP contribution in [0.15, 0.2) is 6.07 Å². The second-order valence-corrected chi connectivity index (χ2v) is 5.42. The van der Waals surface area contributed by atoms with E-state index in [1.165, 1.54) is 0 Å². The molecule has 21 heavy (non-hydrogen) atoms. The second kappa shape index (κ2) is 6.23. The molecule has 1 fully saturated rings. The predicted molar refractivity (Wildman–Crippen MR) is 72.0 cm³/mol. The molecule has 0 aromatic heterocycles. The van der Waals surface area contributed by atoms with E-state index in [0.29, 0.717) is 37.5 Å². The number of phenols is 1. The maximum absolute atomic E-state index is 13.7. The Kier molecular flexibility index (Phi) is 4.77. The van der Waals surface area contributed by atoms with Gasteiger partial charge in [-0.15, -0.1) is 0 Å². The Bertz CT molecular complexity index is 562. The Balaban J connectivity index is 2.28. The third kappa shape index (κ3) is 3.16. The van der Waals surface area contributed by atoms with Crippen LogP contribution in [0.4, 0.5) is 13.2 Å². The van der Waals surface area contributed by atoms with Gasteiger partial charge < -0.3 is 15.2 Å². The van der Waals surface area contributed by atoms with Crippen LogP contribution in [0.5, 0.6) is 5.75 Å². The molecule has 1 saturated heterocycles. The number of hydrogen-bond donors (Lipinski definition) is 2. The van der Waals surface area contributed by atoms with E-state index < -0.39 is 40.2 Å². The summed E-state index contributed by atoms with van der Waals surface area (Å²) >= 11 is 3.28. The maximum Gasteiger partial charge on any atom is 0.254 e. The van der Waals surface area contributed by atoms with Crippen molar-refractivity contribution in [1.82, 2.24) is 5.32 Å². The van der Waals surface area contributed by atoms with E-state index in [0.717, 1.165) is 0 Å². The molecule has 2 N–H and O–H groups in total. The molecule has 0 spiro atoms. The van der Waals surface area contributed by atoms with Crippen LogP contribution in [0.3, 0.4) is 0 Å². The van der Waals surface area contributed by atoms with Crippen molar-refractivity contribution in [3.05, 3.63) is 29.1 Å². The molecule has 0 bridgehead atoms. The second-order valence-electron chi connectivity index (χ2n) is 4.86. The van der Waals surface area contributed by atoms with Crippen molar-refractivity contribution in [2.75, 3.05) is 18.5 Å². The van der Waals surface area contributed by atoms with Gasteiger partial charge in [0.1, 0.15) is 0 Å². The molecule has 0 saturated carbocycles. The maximum atomic E-state index is 13.7. The molecule has 8 heteroatoms. The van der Waals surface area contributed by atoms with Crippen molar-refractivity contribution in [2.45, 2.75) is 18.4 Å². The van der Waals surface area contributed by atoms with Gasteiger partial charge in [-0.05, 0) is 18.9 Å². The lowest BCUT2D eigenvalue weighted by Gasteiger charge is -2.36. The summed E-state index contributed by atoms with van der Waals surface area (Å²) in [7, 11) is 0. The van der Waals surface area contributed by atoms with E-state index in [9.17, 15) is 18.0 Å². The number of alkyl halides is 1. The number of rotatable bonds is 3. The van der Waals surface area contributed by atoms with Crippen molar-refractivity contribution in [3.8, 4) is 5.75 Å². The van der Waals surface area contributed by atoms with Crippen LogP contribution in [0.2, 0.25) is 0 Å². The Hall–Kier alpha value is -1.28. The monoisotopic (exact) mass is 367 g/mol. The minimum Gasteiger partial charge on any atom is -0.503 e. The average molecular weight is 368 g/mol. The van der Waals surface area contributed by atoms with E-state index >= 15 is 0 Å². The summed E-state index contributed by atoms with van der Waals surface area (Å²) in [6, 6.07) is 0.432. The van der Waals surface area contributed by atoms with Crippen molar-refractivity contribution in [1.29, 1.82) is 0 Å². The Morgan fingerprint density at radius 1 is 1.33 bits per heavy atom. The van der Waals surface area contributed by atoms with Crippen molar-refractivity contribution in [3.63, 3.8) is 0 Å². The molecular weight excluding hydrogens is 355 g/mol. The zero-order valence-electron chi connectivity index (χ0n) is 10.9. The fourth-order valence-corrected chi connectivity index (χ4v) is 2.82. The summed E-state index contributed by atoms with van der Waals surface area (Å²) in [5.74, 6) is -7.10. The molecule has 1 aromatic carbocycles. The molecule has 1 aromatic rings. The number of hydrogen-bond acceptors (Lipinski definition) is 3. The van der Waals surface area contributed by atoms with Crippen molar-refractivity contribution in [2.24, 2.45) is 0 Å². The highest BCUT2D eigenvalue weighted by atomic mass is 79.9. The van der Waals surface area contributed by atoms with Crippen LogP contribution in [-0.4, -0.2) is 35.1 Å². The first-order chi connectivity index (χ1) is 9.90. The van der Waals surface area contributed by atoms with Crippen LogP contribution >= 0.6 is 15.9 Å². The lowest BCUT2D eigenvalue weighted by atomic mass is 9.92. The quantitative estimate of drug-likeness (QED) is 0.637. The Labute approximate surface area is 127 Å². The molecule has 0 unspecified atom stereocenters. The van der Waals surface area contributed by atoms with Gasteiger partial charge in [0.05, 0.1) is 11.1 Å². The minimum absolute atomic E-state index is 0.409. The van der Waals surface area contributed by atoms with Gasteiger partial charge in [0.15, 0.2) is 17.4 Å². The Morgan fingerprint density at radius 3 is 2.52 bits per heavy atom. The van der Waals surface area contributed by atoms with Gasteiger partial charge in [-0.2, -0.15) is 4.39 Å². The standard InChI is InChI=1S/C13H13BrF3NO3/c14-6-13(1-3-21-4-2-13)18-12(20)7-5-8(15)10(17)11(19)9(7)16/h5,19H,1-4,6H2,(H,18,20). The molecule has 4 nitrogen and oxygen atoms in total. The Morgan fingerprint density at radius 2 is 1.95 bits per heavy atom. The van der Waals surface area contributed by atoms with Crippen LogP contribution in [0, 0.1) is 17.5 Å². The number of amides is 1. The SMILES string of the molecule is O=C(NC1(CBr)CCOCC1)c1cc(F)c(F)c(O)c1F. The van der Waals surface area contributed by atoms with Crippen LogP contribution in [0.1, 0.15) is 23.2 Å². The van der Waals surface area contributed by atoms with Crippen LogP contribution < -0.4 is 5.32 Å². The molecule has 1 amide bonds. The normalized spacial score (nSPS) is 17.5. The van der Waals surface area contributed by atoms with Gasteiger partial charge in [-0.25, -0.2) is 8.78 Å². The van der Waals surface area contributed by atoms with Gasteiger partial charge in [0.2, 0.25) is 5.82 Å². The number of carbonyl (C=O) groups excluding carboxylic acids is 1. The molecule has 0 radical (unpaired) electrons. The average Bonchev–Trinajstić information content (AvgIpc) is 2.49. The third-order valence-corrected chi connectivity index (χ3v) is 4.54. The zero-order valence-corrected chi connectivity index (χ0v) is 12.5. The highest BCUT2D eigenvalue weighted by molar-refractivity contribution is 9.09. The molecule has 1 heterocycles. The highest BCUT2D eigenvalue weighted by Gasteiger charge is 2.34. The molecule has 1 aliphatic rings. The van der Waals surface area contributed by atoms with Gasteiger partial charge in [0, 0.05) is 18.5 Å². The molecule has 0 aliphatic carbocycles.